The summed E-state index contributed by atoms with van der Waals surface area (Å²) in [7, 11) is 0. The van der Waals surface area contributed by atoms with E-state index in [0.29, 0.717) is 0 Å². The first-order valence-electron chi connectivity index (χ1n) is 5.75. The molecule has 1 atom stereocenters. The fraction of sp³-hybridized carbons (Fsp3) is 0.846. The fourth-order valence-electron chi connectivity index (χ4n) is 0.883. The lowest BCUT2D eigenvalue weighted by atomic mass is 10.1. The van der Waals surface area contributed by atoms with Crippen molar-refractivity contribution in [2.45, 2.75) is 52.3 Å². The highest BCUT2D eigenvalue weighted by molar-refractivity contribution is 8.00. The first kappa shape index (κ1) is 15.0. The molecule has 0 aliphatic carbocycles. The molecule has 1 unspecified atom stereocenters. The molecule has 0 amide bonds. The van der Waals surface area contributed by atoms with Gasteiger partial charge in [0.1, 0.15) is 0 Å². The molecule has 1 nitrogen and oxygen atoms in total. The third-order valence-electron chi connectivity index (χ3n) is 2.36. The van der Waals surface area contributed by atoms with E-state index in [4.69, 9.17) is 0 Å². The zero-order valence-electron chi connectivity index (χ0n) is 11.2. The first-order valence-corrected chi connectivity index (χ1v) is 6.80. The van der Waals surface area contributed by atoms with Gasteiger partial charge in [0.25, 0.3) is 0 Å². The van der Waals surface area contributed by atoms with Crippen LogP contribution in [0.25, 0.3) is 0 Å². The third-order valence-corrected chi connectivity index (χ3v) is 4.00. The van der Waals surface area contributed by atoms with E-state index >= 15 is 0 Å². The van der Waals surface area contributed by atoms with Crippen LogP contribution in [0.5, 0.6) is 0 Å². The van der Waals surface area contributed by atoms with Gasteiger partial charge in [0.05, 0.1) is 0 Å². The van der Waals surface area contributed by atoms with E-state index in [-0.39, 0.29) is 5.54 Å². The van der Waals surface area contributed by atoms with Crippen LogP contribution >= 0.6 is 11.8 Å². The van der Waals surface area contributed by atoms with E-state index in [0.717, 1.165) is 23.5 Å². The van der Waals surface area contributed by atoms with Crippen LogP contribution in [0.4, 0.5) is 0 Å². The molecule has 0 radical (unpaired) electrons. The Bertz CT molecular complexity index is 191. The highest BCUT2D eigenvalue weighted by Gasteiger charge is 2.10. The van der Waals surface area contributed by atoms with Crippen molar-refractivity contribution in [1.29, 1.82) is 0 Å². The highest BCUT2D eigenvalue weighted by Crippen LogP contribution is 2.20. The minimum atomic E-state index is 0.192. The van der Waals surface area contributed by atoms with Crippen LogP contribution in [-0.2, 0) is 0 Å². The van der Waals surface area contributed by atoms with E-state index in [1.807, 2.05) is 11.8 Å². The lowest BCUT2D eigenvalue weighted by Gasteiger charge is -2.22. The Labute approximate surface area is 100 Å². The number of rotatable bonds is 6. The second kappa shape index (κ2) is 6.59. The molecule has 0 saturated carbocycles. The molecule has 0 aromatic carbocycles. The van der Waals surface area contributed by atoms with Gasteiger partial charge in [-0.2, -0.15) is 11.8 Å². The van der Waals surface area contributed by atoms with E-state index < -0.39 is 0 Å². The summed E-state index contributed by atoms with van der Waals surface area (Å²) in [6.07, 6.45) is 0. The lowest BCUT2D eigenvalue weighted by Crippen LogP contribution is -2.37. The van der Waals surface area contributed by atoms with Crippen molar-refractivity contribution in [2.75, 3.05) is 12.3 Å². The Morgan fingerprint density at radius 1 is 1.27 bits per heavy atom. The average molecular weight is 229 g/mol. The molecule has 1 N–H and O–H groups in total. The summed E-state index contributed by atoms with van der Waals surface area (Å²) in [6.45, 7) is 18.4. The Morgan fingerprint density at radius 3 is 2.20 bits per heavy atom. The van der Waals surface area contributed by atoms with Gasteiger partial charge < -0.3 is 5.32 Å². The van der Waals surface area contributed by atoms with Crippen molar-refractivity contribution in [3.63, 3.8) is 0 Å². The molecular weight excluding hydrogens is 202 g/mol. The molecule has 0 aromatic rings. The van der Waals surface area contributed by atoms with E-state index in [9.17, 15) is 0 Å². The number of hydrogen-bond acceptors (Lipinski definition) is 2. The smallest absolute Gasteiger partial charge is 0.0175 e. The average Bonchev–Trinajstić information content (AvgIpc) is 2.09. The summed E-state index contributed by atoms with van der Waals surface area (Å²) in [4.78, 5) is 0. The molecule has 0 aromatic heterocycles. The van der Waals surface area contributed by atoms with Crippen molar-refractivity contribution < 1.29 is 0 Å². The highest BCUT2D eigenvalue weighted by atomic mass is 32.2. The molecule has 90 valence electrons. The predicted molar refractivity (Wildman–Crippen MR) is 73.7 cm³/mol. The van der Waals surface area contributed by atoms with Gasteiger partial charge in [-0.25, -0.2) is 0 Å². The van der Waals surface area contributed by atoms with Gasteiger partial charge in [-0.15, -0.1) is 0 Å². The molecule has 0 heterocycles. The predicted octanol–water partition coefficient (Wildman–Crippen LogP) is 3.71. The van der Waals surface area contributed by atoms with Crippen molar-refractivity contribution in [3.05, 3.63) is 12.2 Å². The van der Waals surface area contributed by atoms with Crippen molar-refractivity contribution in [2.24, 2.45) is 5.92 Å². The van der Waals surface area contributed by atoms with Crippen LogP contribution in [0.15, 0.2) is 12.2 Å². The molecule has 2 heteroatoms. The topological polar surface area (TPSA) is 12.0 Å². The van der Waals surface area contributed by atoms with Gasteiger partial charge in [0.15, 0.2) is 0 Å². The largest absolute Gasteiger partial charge is 0.308 e. The summed E-state index contributed by atoms with van der Waals surface area (Å²) in [5.41, 5.74) is 1.49. The Balaban J connectivity index is 3.67. The summed E-state index contributed by atoms with van der Waals surface area (Å²) in [5, 5.41) is 4.18. The summed E-state index contributed by atoms with van der Waals surface area (Å²) < 4.78 is 0. The van der Waals surface area contributed by atoms with Gasteiger partial charge in [0, 0.05) is 23.1 Å². The van der Waals surface area contributed by atoms with Crippen LogP contribution < -0.4 is 5.32 Å². The van der Waals surface area contributed by atoms with Gasteiger partial charge in [0.2, 0.25) is 0 Å². The minimum absolute atomic E-state index is 0.192. The second-order valence-electron chi connectivity index (χ2n) is 5.61. The minimum Gasteiger partial charge on any atom is -0.308 e. The molecule has 0 spiro atoms. The number of hydrogen-bond donors (Lipinski definition) is 1. The summed E-state index contributed by atoms with van der Waals surface area (Å²) in [5.74, 6) is 1.82. The van der Waals surface area contributed by atoms with Crippen LogP contribution in [0.3, 0.4) is 0 Å². The zero-order valence-corrected chi connectivity index (χ0v) is 12.0. The maximum absolute atomic E-state index is 4.11. The van der Waals surface area contributed by atoms with Gasteiger partial charge >= 0.3 is 0 Å². The Kier molecular flexibility index (Phi) is 6.62. The summed E-state index contributed by atoms with van der Waals surface area (Å²) in [6, 6.07) is 0. The van der Waals surface area contributed by atoms with E-state index in [1.54, 1.807) is 0 Å². The van der Waals surface area contributed by atoms with Crippen LogP contribution in [0, 0.1) is 5.92 Å². The fourth-order valence-corrected chi connectivity index (χ4v) is 1.87. The van der Waals surface area contributed by atoms with Crippen molar-refractivity contribution in [1.82, 2.24) is 5.32 Å². The Morgan fingerprint density at radius 2 is 1.80 bits per heavy atom. The molecule has 15 heavy (non-hydrogen) atoms. The molecule has 0 saturated heterocycles. The molecule has 0 aliphatic heterocycles. The van der Waals surface area contributed by atoms with Gasteiger partial charge in [-0.05, 0) is 26.7 Å². The normalized spacial score (nSPS) is 14.3. The zero-order chi connectivity index (χ0) is 12.1. The number of nitrogens with one attached hydrogen (secondary N) is 1. The van der Waals surface area contributed by atoms with E-state index in [1.165, 1.54) is 5.57 Å². The monoisotopic (exact) mass is 229 g/mol. The van der Waals surface area contributed by atoms with Crippen LogP contribution in [0.1, 0.15) is 41.5 Å². The van der Waals surface area contributed by atoms with Crippen molar-refractivity contribution in [3.8, 4) is 0 Å². The van der Waals surface area contributed by atoms with E-state index in [2.05, 4.69) is 53.4 Å². The molecule has 0 rings (SSSR count). The molecule has 0 aliphatic rings. The lowest BCUT2D eigenvalue weighted by molar-refractivity contribution is 0.445. The molecule has 0 bridgehead atoms. The quantitative estimate of drug-likeness (QED) is 0.697. The maximum Gasteiger partial charge on any atom is 0.0175 e. The Hall–Kier alpha value is 0.0500. The van der Waals surface area contributed by atoms with Crippen molar-refractivity contribution >= 4 is 11.8 Å². The van der Waals surface area contributed by atoms with Gasteiger partial charge in [-0.1, -0.05) is 32.9 Å². The molecule has 0 fully saturated rings. The van der Waals surface area contributed by atoms with Gasteiger partial charge in [-0.3, -0.25) is 0 Å². The maximum atomic E-state index is 4.11. The third kappa shape index (κ3) is 9.01. The molecular formula is C13H27NS. The van der Waals surface area contributed by atoms with Crippen LogP contribution in [-0.4, -0.2) is 23.1 Å². The number of thioether (sulfide) groups is 1. The first-order chi connectivity index (χ1) is 6.72. The summed E-state index contributed by atoms with van der Waals surface area (Å²) >= 11 is 2.00. The second-order valence-corrected chi connectivity index (χ2v) is 6.98. The SMILES string of the molecule is C=C(CNC(C)(C)C)CSC(C)C(C)C. The van der Waals surface area contributed by atoms with Crippen LogP contribution in [0.2, 0.25) is 0 Å². The standard InChI is InChI=1S/C13H27NS/c1-10(2)12(4)15-9-11(3)8-14-13(5,6)7/h10,12,14H,3,8-9H2,1-2,4-7H3.